The maximum atomic E-state index is 14.0. The van der Waals surface area contributed by atoms with Crippen molar-refractivity contribution in [2.24, 2.45) is 0 Å². The molecule has 1 unspecified atom stereocenters. The van der Waals surface area contributed by atoms with Crippen LogP contribution in [0.25, 0.3) is 27.4 Å². The first kappa shape index (κ1) is 25.7. The molecule has 6 heteroatoms. The summed E-state index contributed by atoms with van der Waals surface area (Å²) in [5.74, 6) is 0.433. The molecule has 5 nitrogen and oxygen atoms in total. The zero-order valence-electron chi connectivity index (χ0n) is 21.8. The first-order valence-electron chi connectivity index (χ1n) is 13.0. The lowest BCUT2D eigenvalue weighted by Crippen LogP contribution is -2.38. The Morgan fingerprint density at radius 3 is 2.47 bits per heavy atom. The van der Waals surface area contributed by atoms with Crippen LogP contribution in [0.4, 0.5) is 0 Å². The van der Waals surface area contributed by atoms with Crippen LogP contribution in [0.5, 0.6) is 0 Å². The summed E-state index contributed by atoms with van der Waals surface area (Å²) in [6, 6.07) is 26.1. The normalized spacial score (nSPS) is 12.1. The van der Waals surface area contributed by atoms with Crippen molar-refractivity contribution in [2.45, 2.75) is 39.7 Å². The van der Waals surface area contributed by atoms with Crippen LogP contribution in [0.2, 0.25) is 5.02 Å². The van der Waals surface area contributed by atoms with E-state index in [1.807, 2.05) is 91.5 Å². The van der Waals surface area contributed by atoms with Crippen molar-refractivity contribution < 1.29 is 4.79 Å². The Bertz CT molecular complexity index is 1710. The van der Waals surface area contributed by atoms with Gasteiger partial charge in [-0.1, -0.05) is 67.4 Å². The molecule has 1 heterocycles. The summed E-state index contributed by atoms with van der Waals surface area (Å²) in [5, 5.41) is 3.22. The van der Waals surface area contributed by atoms with Gasteiger partial charge in [0.2, 0.25) is 0 Å². The molecule has 0 bridgehead atoms. The van der Waals surface area contributed by atoms with Gasteiger partial charge in [0.15, 0.2) is 0 Å². The first-order chi connectivity index (χ1) is 18.4. The average Bonchev–Trinajstić information content (AvgIpc) is 2.93. The average molecular weight is 524 g/mol. The molecule has 5 aromatic rings. The van der Waals surface area contributed by atoms with Gasteiger partial charge in [0.25, 0.3) is 11.5 Å². The summed E-state index contributed by atoms with van der Waals surface area (Å²) in [6.07, 6.45) is 1.77. The van der Waals surface area contributed by atoms with Crippen molar-refractivity contribution >= 4 is 39.2 Å². The van der Waals surface area contributed by atoms with E-state index in [0.29, 0.717) is 39.5 Å². The zero-order valence-corrected chi connectivity index (χ0v) is 22.6. The Morgan fingerprint density at radius 1 is 0.974 bits per heavy atom. The molecule has 0 fully saturated rings. The second kappa shape index (κ2) is 10.8. The number of amides is 1. The smallest absolute Gasteiger partial charge is 0.266 e. The number of unbranched alkanes of at least 4 members (excludes halogenated alkanes) is 1. The molecule has 0 aliphatic heterocycles. The third kappa shape index (κ3) is 4.82. The van der Waals surface area contributed by atoms with Gasteiger partial charge in [-0.15, -0.1) is 0 Å². The van der Waals surface area contributed by atoms with E-state index in [1.54, 1.807) is 16.7 Å². The molecule has 0 saturated heterocycles. The molecule has 4 aromatic carbocycles. The molecular formula is C32H30ClN3O2. The van der Waals surface area contributed by atoms with Crippen molar-refractivity contribution in [3.8, 4) is 5.69 Å². The third-order valence-electron chi connectivity index (χ3n) is 7.05. The van der Waals surface area contributed by atoms with E-state index in [1.165, 1.54) is 0 Å². The molecule has 38 heavy (non-hydrogen) atoms. The first-order valence-corrected chi connectivity index (χ1v) is 13.3. The second-order valence-corrected chi connectivity index (χ2v) is 10.1. The standard InChI is InChI=1S/C32H30ClN3O2/c1-4-5-18-35(31(37)25-15-14-23-10-6-7-11-24(23)20-25)22(3)30-34-28-13-9-8-12-27(28)32(38)36(30)29-17-16-26(33)19-21(29)2/h6-17,19-20,22H,4-5,18H2,1-3H3. The molecule has 0 N–H and O–H groups in total. The lowest BCUT2D eigenvalue weighted by molar-refractivity contribution is 0.0678. The zero-order chi connectivity index (χ0) is 26.8. The van der Waals surface area contributed by atoms with Crippen molar-refractivity contribution in [3.63, 3.8) is 0 Å². The summed E-state index contributed by atoms with van der Waals surface area (Å²) in [6.45, 7) is 6.52. The number of hydrogen-bond acceptors (Lipinski definition) is 3. The quantitative estimate of drug-likeness (QED) is 0.222. The fraction of sp³-hybridized carbons (Fsp3) is 0.219. The molecule has 192 valence electrons. The number of hydrogen-bond donors (Lipinski definition) is 0. The van der Waals surface area contributed by atoms with Crippen molar-refractivity contribution in [3.05, 3.63) is 117 Å². The Morgan fingerprint density at radius 2 is 1.71 bits per heavy atom. The van der Waals surface area contributed by atoms with E-state index in [2.05, 4.69) is 6.92 Å². The van der Waals surface area contributed by atoms with Gasteiger partial charge in [-0.05, 0) is 79.1 Å². The van der Waals surface area contributed by atoms with E-state index in [-0.39, 0.29) is 11.5 Å². The van der Waals surface area contributed by atoms with Crippen LogP contribution in [0.15, 0.2) is 89.7 Å². The minimum absolute atomic E-state index is 0.0847. The number of carbonyl (C=O) groups excluding carboxylic acids is 1. The summed E-state index contributed by atoms with van der Waals surface area (Å²) < 4.78 is 1.64. The molecule has 0 saturated carbocycles. The predicted octanol–water partition coefficient (Wildman–Crippen LogP) is 7.50. The van der Waals surface area contributed by atoms with Gasteiger partial charge >= 0.3 is 0 Å². The van der Waals surface area contributed by atoms with Gasteiger partial charge in [0.05, 0.1) is 22.6 Å². The minimum atomic E-state index is -0.465. The van der Waals surface area contributed by atoms with Crippen LogP contribution < -0.4 is 5.56 Å². The number of aryl methyl sites for hydroxylation is 1. The molecule has 0 radical (unpaired) electrons. The van der Waals surface area contributed by atoms with Crippen LogP contribution in [-0.4, -0.2) is 26.9 Å². The molecule has 5 rings (SSSR count). The highest BCUT2D eigenvalue weighted by atomic mass is 35.5. The number of carbonyl (C=O) groups is 1. The van der Waals surface area contributed by atoms with E-state index in [4.69, 9.17) is 16.6 Å². The SMILES string of the molecule is CCCCN(C(=O)c1ccc2ccccc2c1)C(C)c1nc2ccccc2c(=O)n1-c1ccc(Cl)cc1C. The highest BCUT2D eigenvalue weighted by Crippen LogP contribution is 2.28. The monoisotopic (exact) mass is 523 g/mol. The molecular weight excluding hydrogens is 494 g/mol. The van der Waals surface area contributed by atoms with Gasteiger partial charge in [-0.2, -0.15) is 0 Å². The maximum Gasteiger partial charge on any atom is 0.266 e. The lowest BCUT2D eigenvalue weighted by atomic mass is 10.0. The summed E-state index contributed by atoms with van der Waals surface area (Å²) in [7, 11) is 0. The summed E-state index contributed by atoms with van der Waals surface area (Å²) in [5.41, 5.74) is 2.61. The minimum Gasteiger partial charge on any atom is -0.329 e. The van der Waals surface area contributed by atoms with Gasteiger partial charge in [-0.25, -0.2) is 4.98 Å². The van der Waals surface area contributed by atoms with Crippen LogP contribution in [0.3, 0.4) is 0 Å². The molecule has 0 aliphatic carbocycles. The third-order valence-corrected chi connectivity index (χ3v) is 7.29. The van der Waals surface area contributed by atoms with Gasteiger partial charge in [-0.3, -0.25) is 14.2 Å². The highest BCUT2D eigenvalue weighted by Gasteiger charge is 2.28. The number of para-hydroxylation sites is 1. The number of benzene rings is 4. The highest BCUT2D eigenvalue weighted by molar-refractivity contribution is 6.30. The lowest BCUT2D eigenvalue weighted by Gasteiger charge is -2.31. The summed E-state index contributed by atoms with van der Waals surface area (Å²) in [4.78, 5) is 34.7. The fourth-order valence-corrected chi connectivity index (χ4v) is 5.19. The Hall–Kier alpha value is -3.96. The Balaban J connectivity index is 1.68. The van der Waals surface area contributed by atoms with Crippen LogP contribution >= 0.6 is 11.6 Å². The number of nitrogens with zero attached hydrogens (tertiary/aromatic N) is 3. The second-order valence-electron chi connectivity index (χ2n) is 9.65. The van der Waals surface area contributed by atoms with E-state index < -0.39 is 6.04 Å². The number of halogens is 1. The van der Waals surface area contributed by atoms with Crippen molar-refractivity contribution in [1.29, 1.82) is 0 Å². The fourth-order valence-electron chi connectivity index (χ4n) is 4.96. The molecule has 0 aliphatic rings. The maximum absolute atomic E-state index is 14.0. The van der Waals surface area contributed by atoms with Crippen molar-refractivity contribution in [1.82, 2.24) is 14.5 Å². The van der Waals surface area contributed by atoms with Crippen LogP contribution in [0.1, 0.15) is 54.5 Å². The van der Waals surface area contributed by atoms with Crippen LogP contribution in [-0.2, 0) is 0 Å². The number of aromatic nitrogens is 2. The number of rotatable bonds is 7. The number of fused-ring (bicyclic) bond motifs is 2. The van der Waals surface area contributed by atoms with Gasteiger partial charge < -0.3 is 4.90 Å². The van der Waals surface area contributed by atoms with Crippen molar-refractivity contribution in [2.75, 3.05) is 6.54 Å². The largest absolute Gasteiger partial charge is 0.329 e. The molecule has 1 atom stereocenters. The van der Waals surface area contributed by atoms with Gasteiger partial charge in [0, 0.05) is 17.1 Å². The summed E-state index contributed by atoms with van der Waals surface area (Å²) >= 11 is 6.24. The predicted molar refractivity (Wildman–Crippen MR) is 155 cm³/mol. The Labute approximate surface area is 227 Å². The molecule has 1 aromatic heterocycles. The van der Waals surface area contributed by atoms with E-state index in [9.17, 15) is 9.59 Å². The molecule has 1 amide bonds. The van der Waals surface area contributed by atoms with E-state index >= 15 is 0 Å². The van der Waals surface area contributed by atoms with Gasteiger partial charge in [0.1, 0.15) is 5.82 Å². The Kier molecular flexibility index (Phi) is 7.30. The van der Waals surface area contributed by atoms with E-state index in [0.717, 1.165) is 29.2 Å². The molecule has 0 spiro atoms. The topological polar surface area (TPSA) is 55.2 Å². The van der Waals surface area contributed by atoms with Crippen LogP contribution in [0, 0.1) is 6.92 Å².